The molecule has 0 saturated carbocycles. The number of quaternary nitrogens is 2. The van der Waals surface area contributed by atoms with Crippen molar-refractivity contribution in [1.82, 2.24) is 0 Å². The number of ether oxygens (including phenoxy) is 3. The molecule has 0 amide bonds. The van der Waals surface area contributed by atoms with E-state index in [1.807, 2.05) is 13.8 Å². The molecule has 0 N–H and O–H groups in total. The SMILES string of the molecule is CCOCCC[N+](C)(C)CCOCC[N+](C)(C)CCCOCC. The Balaban J connectivity index is 3.65. The van der Waals surface area contributed by atoms with Crippen LogP contribution < -0.4 is 0 Å². The number of nitrogens with zero attached hydrogens (tertiary/aromatic N) is 2. The Hall–Kier alpha value is -0.200. The van der Waals surface area contributed by atoms with E-state index >= 15 is 0 Å². The van der Waals surface area contributed by atoms with Gasteiger partial charge in [-0.2, -0.15) is 0 Å². The third-order valence-corrected chi connectivity index (χ3v) is 4.19. The summed E-state index contributed by atoms with van der Waals surface area (Å²) in [5.74, 6) is 0. The second-order valence-corrected chi connectivity index (χ2v) is 7.48. The van der Waals surface area contributed by atoms with Gasteiger partial charge >= 0.3 is 0 Å². The topological polar surface area (TPSA) is 27.7 Å². The number of hydrogen-bond donors (Lipinski definition) is 0. The normalized spacial score (nSPS) is 12.8. The zero-order chi connectivity index (χ0) is 17.6. The van der Waals surface area contributed by atoms with Crippen molar-refractivity contribution in [2.45, 2.75) is 26.7 Å². The van der Waals surface area contributed by atoms with Crippen molar-refractivity contribution in [3.8, 4) is 0 Å². The second kappa shape index (κ2) is 13.1. The highest BCUT2D eigenvalue weighted by Gasteiger charge is 2.16. The molecule has 0 heterocycles. The molecule has 0 rings (SSSR count). The molecule has 0 bridgehead atoms. The third-order valence-electron chi connectivity index (χ3n) is 4.19. The summed E-state index contributed by atoms with van der Waals surface area (Å²) < 4.78 is 18.7. The van der Waals surface area contributed by atoms with Gasteiger partial charge in [-0.1, -0.05) is 0 Å². The van der Waals surface area contributed by atoms with Gasteiger partial charge in [-0.25, -0.2) is 0 Å². The summed E-state index contributed by atoms with van der Waals surface area (Å²) in [7, 11) is 9.07. The van der Waals surface area contributed by atoms with E-state index in [4.69, 9.17) is 14.2 Å². The highest BCUT2D eigenvalue weighted by molar-refractivity contribution is 4.41. The van der Waals surface area contributed by atoms with Crippen LogP contribution in [0.2, 0.25) is 0 Å². The lowest BCUT2D eigenvalue weighted by Crippen LogP contribution is -2.45. The van der Waals surface area contributed by atoms with Crippen molar-refractivity contribution in [2.24, 2.45) is 0 Å². The van der Waals surface area contributed by atoms with Gasteiger partial charge in [0.2, 0.25) is 0 Å². The first-order chi connectivity index (χ1) is 10.8. The monoisotopic (exact) mass is 334 g/mol. The Labute approximate surface area is 144 Å². The minimum absolute atomic E-state index is 0.815. The summed E-state index contributed by atoms with van der Waals surface area (Å²) in [6.45, 7) is 13.5. The van der Waals surface area contributed by atoms with Gasteiger partial charge in [0, 0.05) is 26.1 Å². The molecule has 0 radical (unpaired) electrons. The van der Waals surface area contributed by atoms with E-state index in [2.05, 4.69) is 28.2 Å². The Kier molecular flexibility index (Phi) is 13.0. The first-order valence-corrected chi connectivity index (χ1v) is 9.20. The zero-order valence-electron chi connectivity index (χ0n) is 16.6. The number of rotatable bonds is 16. The van der Waals surface area contributed by atoms with E-state index in [0.29, 0.717) is 0 Å². The van der Waals surface area contributed by atoms with Crippen LogP contribution in [0.5, 0.6) is 0 Å². The Morgan fingerprint density at radius 1 is 0.522 bits per heavy atom. The smallest absolute Gasteiger partial charge is 0.102 e. The fraction of sp³-hybridized carbons (Fsp3) is 1.00. The van der Waals surface area contributed by atoms with E-state index < -0.39 is 0 Å². The predicted molar refractivity (Wildman–Crippen MR) is 96.7 cm³/mol. The van der Waals surface area contributed by atoms with Crippen molar-refractivity contribution < 1.29 is 23.2 Å². The van der Waals surface area contributed by atoms with Crippen LogP contribution in [0, 0.1) is 0 Å². The molecule has 0 aromatic carbocycles. The van der Waals surface area contributed by atoms with Crippen LogP contribution in [0.4, 0.5) is 0 Å². The van der Waals surface area contributed by atoms with Gasteiger partial charge in [0.05, 0.1) is 67.7 Å². The molecule has 140 valence electrons. The van der Waals surface area contributed by atoms with Crippen LogP contribution in [-0.4, -0.2) is 103 Å². The lowest BCUT2D eigenvalue weighted by atomic mass is 10.3. The van der Waals surface area contributed by atoms with Crippen LogP contribution in [0.25, 0.3) is 0 Å². The van der Waals surface area contributed by atoms with Gasteiger partial charge in [-0.3, -0.25) is 0 Å². The van der Waals surface area contributed by atoms with Gasteiger partial charge in [0.1, 0.15) is 13.1 Å². The minimum Gasteiger partial charge on any atom is -0.382 e. The summed E-state index contributed by atoms with van der Waals surface area (Å²) in [6.07, 6.45) is 2.23. The van der Waals surface area contributed by atoms with Gasteiger partial charge in [0.15, 0.2) is 0 Å². The summed E-state index contributed by atoms with van der Waals surface area (Å²) in [6, 6.07) is 0. The zero-order valence-corrected chi connectivity index (χ0v) is 16.6. The molecule has 0 aromatic heterocycles. The first kappa shape index (κ1) is 22.8. The highest BCUT2D eigenvalue weighted by atomic mass is 16.5. The summed E-state index contributed by atoms with van der Waals surface area (Å²) in [5.41, 5.74) is 0. The number of hydrogen-bond acceptors (Lipinski definition) is 3. The second-order valence-electron chi connectivity index (χ2n) is 7.48. The Bertz CT molecular complexity index is 245. The molecule has 0 aliphatic rings. The van der Waals surface area contributed by atoms with E-state index in [9.17, 15) is 0 Å². The first-order valence-electron chi connectivity index (χ1n) is 9.20. The lowest BCUT2D eigenvalue weighted by molar-refractivity contribution is -0.894. The van der Waals surface area contributed by atoms with Crippen molar-refractivity contribution in [2.75, 3.05) is 94.0 Å². The lowest BCUT2D eigenvalue weighted by Gasteiger charge is -2.31. The van der Waals surface area contributed by atoms with E-state index in [1.165, 1.54) is 0 Å². The molecule has 0 aliphatic carbocycles. The maximum Gasteiger partial charge on any atom is 0.102 e. The molecule has 0 spiro atoms. The van der Waals surface area contributed by atoms with E-state index in [1.54, 1.807) is 0 Å². The van der Waals surface area contributed by atoms with Crippen LogP contribution >= 0.6 is 0 Å². The Morgan fingerprint density at radius 2 is 0.913 bits per heavy atom. The maximum atomic E-state index is 5.87. The molecule has 0 atom stereocenters. The average molecular weight is 335 g/mol. The largest absolute Gasteiger partial charge is 0.382 e. The van der Waals surface area contributed by atoms with Crippen LogP contribution in [0.1, 0.15) is 26.7 Å². The van der Waals surface area contributed by atoms with Crippen molar-refractivity contribution in [3.05, 3.63) is 0 Å². The fourth-order valence-corrected chi connectivity index (χ4v) is 2.43. The van der Waals surface area contributed by atoms with Crippen molar-refractivity contribution in [1.29, 1.82) is 0 Å². The van der Waals surface area contributed by atoms with Crippen molar-refractivity contribution in [3.63, 3.8) is 0 Å². The molecule has 23 heavy (non-hydrogen) atoms. The van der Waals surface area contributed by atoms with Crippen molar-refractivity contribution >= 4 is 0 Å². The fourth-order valence-electron chi connectivity index (χ4n) is 2.43. The van der Waals surface area contributed by atoms with Gasteiger partial charge < -0.3 is 23.2 Å². The van der Waals surface area contributed by atoms with Crippen LogP contribution in [-0.2, 0) is 14.2 Å². The number of likely N-dealkylation sites (N-methyl/N-ethyl adjacent to an activating group) is 2. The molecule has 0 aromatic rings. The van der Waals surface area contributed by atoms with Gasteiger partial charge in [-0.15, -0.1) is 0 Å². The molecular weight excluding hydrogens is 292 g/mol. The average Bonchev–Trinajstić information content (AvgIpc) is 2.48. The highest BCUT2D eigenvalue weighted by Crippen LogP contribution is 2.02. The molecule has 5 nitrogen and oxygen atoms in total. The molecule has 5 heteroatoms. The van der Waals surface area contributed by atoms with Gasteiger partial charge in [0.25, 0.3) is 0 Å². The maximum absolute atomic E-state index is 5.87. The standard InChI is InChI=1S/C18H42N2O3/c1-7-21-15-9-11-19(3,4)13-17-23-18-14-20(5,6)12-10-16-22-8-2/h7-18H2,1-6H3/q+2. The van der Waals surface area contributed by atoms with Crippen LogP contribution in [0.3, 0.4) is 0 Å². The van der Waals surface area contributed by atoms with Gasteiger partial charge in [-0.05, 0) is 13.8 Å². The summed E-state index contributed by atoms with van der Waals surface area (Å²) in [5, 5.41) is 0. The third kappa shape index (κ3) is 15.1. The Morgan fingerprint density at radius 3 is 1.26 bits per heavy atom. The van der Waals surface area contributed by atoms with Crippen LogP contribution in [0.15, 0.2) is 0 Å². The molecule has 0 fully saturated rings. The predicted octanol–water partition coefficient (Wildman–Crippen LogP) is 2.01. The molecule has 0 aliphatic heterocycles. The quantitative estimate of drug-likeness (QED) is 0.319. The minimum atomic E-state index is 0.815. The van der Waals surface area contributed by atoms with E-state index in [0.717, 1.165) is 87.6 Å². The molecular formula is C18H42N2O3+2. The molecule has 0 unspecified atom stereocenters. The molecule has 0 saturated heterocycles. The summed E-state index contributed by atoms with van der Waals surface area (Å²) in [4.78, 5) is 0. The summed E-state index contributed by atoms with van der Waals surface area (Å²) >= 11 is 0. The van der Waals surface area contributed by atoms with E-state index in [-0.39, 0.29) is 0 Å².